The van der Waals surface area contributed by atoms with E-state index in [1.807, 2.05) is 0 Å². The van der Waals surface area contributed by atoms with Gasteiger partial charge in [-0.05, 0) is 6.92 Å². The van der Waals surface area contributed by atoms with Gasteiger partial charge in [-0.1, -0.05) is 0 Å². The summed E-state index contributed by atoms with van der Waals surface area (Å²) in [6.07, 6.45) is -2.69. The molecule has 1 aliphatic rings. The van der Waals surface area contributed by atoms with Crippen LogP contribution in [-0.4, -0.2) is 38.2 Å². The molecule has 21 heavy (non-hydrogen) atoms. The predicted octanol–water partition coefficient (Wildman–Crippen LogP) is -0.420. The van der Waals surface area contributed by atoms with Gasteiger partial charge < -0.3 is 14.5 Å². The first kappa shape index (κ1) is 16.1. The van der Waals surface area contributed by atoms with E-state index in [-0.39, 0.29) is 12.0 Å². The number of rotatable bonds is 4. The van der Waals surface area contributed by atoms with Crippen LogP contribution in [0.4, 0.5) is 4.39 Å². The first-order chi connectivity index (χ1) is 9.67. The highest BCUT2D eigenvalue weighted by atomic mass is 31.2. The second-order valence-electron chi connectivity index (χ2n) is 4.65. The summed E-state index contributed by atoms with van der Waals surface area (Å²) < 4.78 is 34.8. The minimum Gasteiger partial charge on any atom is -0.349 e. The zero-order chi connectivity index (χ0) is 15.8. The molecule has 0 aliphatic carbocycles. The summed E-state index contributed by atoms with van der Waals surface area (Å²) in [5.74, 6) is 0. The zero-order valence-corrected chi connectivity index (χ0v) is 11.8. The van der Waals surface area contributed by atoms with Gasteiger partial charge in [0.15, 0.2) is 0 Å². The summed E-state index contributed by atoms with van der Waals surface area (Å²) in [6, 6.07) is 0. The monoisotopic (exact) mass is 324 g/mol. The van der Waals surface area contributed by atoms with Gasteiger partial charge in [0.2, 0.25) is 0 Å². The third-order valence-electron chi connectivity index (χ3n) is 3.03. The minimum absolute atomic E-state index is 0.194. The number of ether oxygens (including phenoxy) is 1. The average molecular weight is 324 g/mol. The Morgan fingerprint density at radius 2 is 2.24 bits per heavy atom. The molecule has 11 heteroatoms. The Morgan fingerprint density at radius 3 is 2.86 bits per heavy atom. The Labute approximate surface area is 117 Å². The molecule has 2 heterocycles. The molecule has 9 nitrogen and oxygen atoms in total. The molecule has 0 saturated carbocycles. The molecule has 1 fully saturated rings. The molecule has 1 aromatic heterocycles. The van der Waals surface area contributed by atoms with Crippen LogP contribution in [0.5, 0.6) is 0 Å². The van der Waals surface area contributed by atoms with E-state index in [0.717, 1.165) is 4.57 Å². The quantitative estimate of drug-likeness (QED) is 0.641. The molecule has 1 saturated heterocycles. The number of aryl methyl sites for hydroxylation is 1. The maximum Gasteiger partial charge on any atom is 0.469 e. The maximum atomic E-state index is 13.8. The van der Waals surface area contributed by atoms with E-state index in [1.54, 1.807) is 0 Å². The molecular formula is C10H14FN2O7P. The molecule has 1 aromatic rings. The van der Waals surface area contributed by atoms with E-state index >= 15 is 0 Å². The number of phosphoric acid groups is 1. The summed E-state index contributed by atoms with van der Waals surface area (Å²) >= 11 is 0. The van der Waals surface area contributed by atoms with Crippen molar-refractivity contribution in [3.63, 3.8) is 0 Å². The molecule has 2 rings (SSSR count). The van der Waals surface area contributed by atoms with Crippen LogP contribution in [0.2, 0.25) is 0 Å². The van der Waals surface area contributed by atoms with Gasteiger partial charge in [0, 0.05) is 18.2 Å². The van der Waals surface area contributed by atoms with E-state index in [0.29, 0.717) is 0 Å². The smallest absolute Gasteiger partial charge is 0.349 e. The third kappa shape index (κ3) is 3.86. The molecule has 1 aliphatic heterocycles. The number of nitrogens with one attached hydrogen (secondary N) is 1. The summed E-state index contributed by atoms with van der Waals surface area (Å²) in [4.78, 5) is 42.1. The second-order valence-corrected chi connectivity index (χ2v) is 5.89. The van der Waals surface area contributed by atoms with Gasteiger partial charge in [0.1, 0.15) is 18.5 Å². The number of alkyl halides is 1. The Kier molecular flexibility index (Phi) is 4.45. The molecule has 0 bridgehead atoms. The molecule has 0 amide bonds. The van der Waals surface area contributed by atoms with Crippen molar-refractivity contribution in [1.82, 2.24) is 9.55 Å². The molecule has 0 spiro atoms. The molecule has 2 unspecified atom stereocenters. The van der Waals surface area contributed by atoms with Crippen LogP contribution in [-0.2, 0) is 13.8 Å². The van der Waals surface area contributed by atoms with Gasteiger partial charge in [0.05, 0.1) is 6.61 Å². The van der Waals surface area contributed by atoms with E-state index in [4.69, 9.17) is 14.5 Å². The highest BCUT2D eigenvalue weighted by molar-refractivity contribution is 7.46. The molecular weight excluding hydrogens is 310 g/mol. The standard InChI is InChI=1S/C10H14FN2O7P/c1-5-3-13(10(15)12-9(5)14)8-2-6(11)7(20-8)4-19-21(16,17)18/h3,6-8H,2,4H2,1H3,(H,12,14,15)(H2,16,17,18)/t6-,7?,8?/m0/s1. The Bertz CT molecular complexity index is 681. The molecule has 3 N–H and O–H groups in total. The second kappa shape index (κ2) is 5.82. The van der Waals surface area contributed by atoms with Crippen molar-refractivity contribution < 1.29 is 28.0 Å². The van der Waals surface area contributed by atoms with Crippen LogP contribution in [0.15, 0.2) is 15.8 Å². The van der Waals surface area contributed by atoms with Crippen molar-refractivity contribution in [1.29, 1.82) is 0 Å². The van der Waals surface area contributed by atoms with Crippen LogP contribution in [0.3, 0.4) is 0 Å². The molecule has 0 radical (unpaired) electrons. The number of hydrogen-bond acceptors (Lipinski definition) is 5. The number of nitrogens with zero attached hydrogens (tertiary/aromatic N) is 1. The summed E-state index contributed by atoms with van der Waals surface area (Å²) in [7, 11) is -4.72. The number of phosphoric ester groups is 1. The Balaban J connectivity index is 2.14. The Morgan fingerprint density at radius 1 is 1.57 bits per heavy atom. The van der Waals surface area contributed by atoms with Gasteiger partial charge in [-0.2, -0.15) is 0 Å². The van der Waals surface area contributed by atoms with Crippen LogP contribution < -0.4 is 11.2 Å². The van der Waals surface area contributed by atoms with Gasteiger partial charge in [0.25, 0.3) is 5.56 Å². The molecule has 118 valence electrons. The number of aromatic nitrogens is 2. The van der Waals surface area contributed by atoms with Gasteiger partial charge in [-0.25, -0.2) is 13.8 Å². The van der Waals surface area contributed by atoms with Crippen LogP contribution in [0.1, 0.15) is 18.2 Å². The summed E-state index contributed by atoms with van der Waals surface area (Å²) in [6.45, 7) is 0.837. The fourth-order valence-corrected chi connectivity index (χ4v) is 2.32. The van der Waals surface area contributed by atoms with Gasteiger partial charge in [-0.3, -0.25) is 18.9 Å². The fraction of sp³-hybridized carbons (Fsp3) is 0.600. The fourth-order valence-electron chi connectivity index (χ4n) is 1.98. The molecule has 3 atom stereocenters. The van der Waals surface area contributed by atoms with Crippen molar-refractivity contribution in [2.24, 2.45) is 0 Å². The van der Waals surface area contributed by atoms with E-state index in [2.05, 4.69) is 9.51 Å². The lowest BCUT2D eigenvalue weighted by atomic mass is 10.2. The van der Waals surface area contributed by atoms with E-state index in [9.17, 15) is 18.5 Å². The van der Waals surface area contributed by atoms with Gasteiger partial charge in [-0.15, -0.1) is 0 Å². The number of halogens is 1. The lowest BCUT2D eigenvalue weighted by Crippen LogP contribution is -2.33. The van der Waals surface area contributed by atoms with Crippen LogP contribution in [0, 0.1) is 6.92 Å². The SMILES string of the molecule is Cc1cn(C2C[C@H](F)C(COP(=O)(O)O)O2)c(=O)[nH]c1=O. The average Bonchev–Trinajstić information content (AvgIpc) is 2.72. The zero-order valence-electron chi connectivity index (χ0n) is 10.9. The topological polar surface area (TPSA) is 131 Å². The Hall–Kier alpha value is -1.32. The van der Waals surface area contributed by atoms with Crippen LogP contribution >= 0.6 is 7.82 Å². The van der Waals surface area contributed by atoms with Gasteiger partial charge >= 0.3 is 13.5 Å². The van der Waals surface area contributed by atoms with Crippen molar-refractivity contribution in [2.75, 3.05) is 6.61 Å². The minimum atomic E-state index is -4.72. The summed E-state index contributed by atoms with van der Waals surface area (Å²) in [5.41, 5.74) is -1.05. The predicted molar refractivity (Wildman–Crippen MR) is 67.5 cm³/mol. The van der Waals surface area contributed by atoms with Crippen molar-refractivity contribution in [2.45, 2.75) is 31.8 Å². The number of H-pyrrole nitrogens is 1. The number of aromatic amines is 1. The highest BCUT2D eigenvalue weighted by Gasteiger charge is 2.38. The first-order valence-electron chi connectivity index (χ1n) is 5.99. The largest absolute Gasteiger partial charge is 0.469 e. The van der Waals surface area contributed by atoms with Crippen molar-refractivity contribution in [3.8, 4) is 0 Å². The van der Waals surface area contributed by atoms with Crippen molar-refractivity contribution >= 4 is 7.82 Å². The van der Waals surface area contributed by atoms with E-state index < -0.39 is 44.2 Å². The van der Waals surface area contributed by atoms with E-state index in [1.165, 1.54) is 13.1 Å². The number of hydrogen-bond donors (Lipinski definition) is 3. The third-order valence-corrected chi connectivity index (χ3v) is 3.51. The van der Waals surface area contributed by atoms with Crippen LogP contribution in [0.25, 0.3) is 0 Å². The lowest BCUT2D eigenvalue weighted by molar-refractivity contribution is -0.0351. The lowest BCUT2D eigenvalue weighted by Gasteiger charge is -2.16. The molecule has 0 aromatic carbocycles. The highest BCUT2D eigenvalue weighted by Crippen LogP contribution is 2.38. The summed E-state index contributed by atoms with van der Waals surface area (Å²) in [5, 5.41) is 0. The maximum absolute atomic E-state index is 13.8. The van der Waals surface area contributed by atoms with Crippen molar-refractivity contribution in [3.05, 3.63) is 32.6 Å². The normalized spacial score (nSPS) is 26.2. The first-order valence-corrected chi connectivity index (χ1v) is 7.52.